The van der Waals surface area contributed by atoms with E-state index in [-0.39, 0.29) is 12.3 Å². The Morgan fingerprint density at radius 2 is 1.69 bits per heavy atom. The first-order valence-corrected chi connectivity index (χ1v) is 10.9. The molecule has 2 aromatic heterocycles. The maximum atomic E-state index is 13.6. The normalized spacial score (nSPS) is 13.8. The Hall–Kier alpha value is -3.71. The minimum absolute atomic E-state index is 0.212. The Kier molecular flexibility index (Phi) is 5.33. The summed E-state index contributed by atoms with van der Waals surface area (Å²) in [4.78, 5) is 35.3. The lowest BCUT2D eigenvalue weighted by molar-refractivity contribution is -0.129. The molecule has 2 aromatic carbocycles. The second kappa shape index (κ2) is 8.43. The number of benzene rings is 2. The van der Waals surface area contributed by atoms with Gasteiger partial charge in [-0.25, -0.2) is 9.97 Å². The highest BCUT2D eigenvalue weighted by Crippen LogP contribution is 2.28. The van der Waals surface area contributed by atoms with Crippen molar-refractivity contribution < 1.29 is 9.59 Å². The van der Waals surface area contributed by atoms with E-state index in [0.717, 1.165) is 26.0 Å². The van der Waals surface area contributed by atoms with Crippen molar-refractivity contribution in [2.75, 3.05) is 0 Å². The predicted octanol–water partition coefficient (Wildman–Crippen LogP) is 5.23. The standard InChI is InChI=1S/C25H17BrN4O2/c26-19-10-8-16(9-11-19)21-12-13-22(31)30(29-21)25(32)20-15-18-7-4-14-27-24(18)28-23(20)17-5-2-1-3-6-17/h1-11,14-15H,12-13H2. The number of imide groups is 1. The molecule has 0 atom stereocenters. The van der Waals surface area contributed by atoms with Crippen molar-refractivity contribution in [3.05, 3.63) is 94.6 Å². The molecule has 0 saturated heterocycles. The second-order valence-corrected chi connectivity index (χ2v) is 8.28. The molecule has 2 amide bonds. The summed E-state index contributed by atoms with van der Waals surface area (Å²) in [5, 5.41) is 6.14. The van der Waals surface area contributed by atoms with Gasteiger partial charge >= 0.3 is 0 Å². The Morgan fingerprint density at radius 1 is 0.906 bits per heavy atom. The summed E-state index contributed by atoms with van der Waals surface area (Å²) < 4.78 is 0.949. The molecule has 1 aliphatic rings. The molecule has 0 radical (unpaired) electrons. The lowest BCUT2D eigenvalue weighted by Crippen LogP contribution is -2.37. The van der Waals surface area contributed by atoms with Crippen molar-refractivity contribution >= 4 is 44.5 Å². The second-order valence-electron chi connectivity index (χ2n) is 7.36. The number of carbonyl (C=O) groups is 2. The predicted molar refractivity (Wildman–Crippen MR) is 126 cm³/mol. The Labute approximate surface area is 192 Å². The molecule has 0 N–H and O–H groups in total. The number of pyridine rings is 2. The molecule has 0 unspecified atom stereocenters. The van der Waals surface area contributed by atoms with Gasteiger partial charge in [-0.1, -0.05) is 58.4 Å². The number of rotatable bonds is 3. The van der Waals surface area contributed by atoms with Crippen LogP contribution in [0.15, 0.2) is 88.6 Å². The molecule has 4 aromatic rings. The van der Waals surface area contributed by atoms with E-state index in [9.17, 15) is 9.59 Å². The maximum Gasteiger partial charge on any atom is 0.283 e. The van der Waals surface area contributed by atoms with E-state index in [4.69, 9.17) is 0 Å². The van der Waals surface area contributed by atoms with E-state index in [0.29, 0.717) is 29.0 Å². The fourth-order valence-electron chi connectivity index (χ4n) is 3.66. The summed E-state index contributed by atoms with van der Waals surface area (Å²) in [6, 6.07) is 22.4. The molecule has 0 saturated carbocycles. The highest BCUT2D eigenvalue weighted by Gasteiger charge is 2.30. The van der Waals surface area contributed by atoms with Crippen LogP contribution in [-0.2, 0) is 4.79 Å². The van der Waals surface area contributed by atoms with Gasteiger partial charge in [-0.15, -0.1) is 0 Å². The van der Waals surface area contributed by atoms with Crippen molar-refractivity contribution in [3.63, 3.8) is 0 Å². The lowest BCUT2D eigenvalue weighted by Gasteiger charge is -2.23. The van der Waals surface area contributed by atoms with E-state index in [1.165, 1.54) is 0 Å². The third kappa shape index (κ3) is 3.83. The van der Waals surface area contributed by atoms with Crippen LogP contribution in [0.5, 0.6) is 0 Å². The third-order valence-corrected chi connectivity index (χ3v) is 5.80. The molecule has 32 heavy (non-hydrogen) atoms. The largest absolute Gasteiger partial charge is 0.283 e. The lowest BCUT2D eigenvalue weighted by atomic mass is 10.0. The van der Waals surface area contributed by atoms with Gasteiger partial charge in [0.05, 0.1) is 17.0 Å². The minimum atomic E-state index is -0.499. The highest BCUT2D eigenvalue weighted by molar-refractivity contribution is 9.10. The fraction of sp³-hybridized carbons (Fsp3) is 0.0800. The van der Waals surface area contributed by atoms with Crippen LogP contribution < -0.4 is 0 Å². The van der Waals surface area contributed by atoms with Crippen LogP contribution >= 0.6 is 15.9 Å². The number of hydrazone groups is 1. The van der Waals surface area contributed by atoms with Gasteiger partial charge in [0, 0.05) is 34.5 Å². The Morgan fingerprint density at radius 3 is 2.47 bits per heavy atom. The summed E-state index contributed by atoms with van der Waals surface area (Å²) >= 11 is 3.42. The SMILES string of the molecule is O=C1CCC(c2ccc(Br)cc2)=NN1C(=O)c1cc2cccnc2nc1-c1ccccc1. The van der Waals surface area contributed by atoms with Crippen LogP contribution in [-0.4, -0.2) is 32.5 Å². The van der Waals surface area contributed by atoms with E-state index >= 15 is 0 Å². The Balaban J connectivity index is 1.62. The van der Waals surface area contributed by atoms with Gasteiger partial charge in [0.2, 0.25) is 0 Å². The van der Waals surface area contributed by atoms with Crippen molar-refractivity contribution in [2.24, 2.45) is 5.10 Å². The zero-order valence-corrected chi connectivity index (χ0v) is 18.5. The van der Waals surface area contributed by atoms with Gasteiger partial charge in [0.15, 0.2) is 5.65 Å². The van der Waals surface area contributed by atoms with Crippen LogP contribution in [0.4, 0.5) is 0 Å². The molecule has 5 rings (SSSR count). The first kappa shape index (κ1) is 20.2. The monoisotopic (exact) mass is 484 g/mol. The highest BCUT2D eigenvalue weighted by atomic mass is 79.9. The number of carbonyl (C=O) groups excluding carboxylic acids is 2. The topological polar surface area (TPSA) is 75.5 Å². The molecule has 156 valence electrons. The van der Waals surface area contributed by atoms with Crippen molar-refractivity contribution in [1.29, 1.82) is 0 Å². The molecule has 0 bridgehead atoms. The number of nitrogens with zero attached hydrogens (tertiary/aromatic N) is 4. The molecular formula is C25H17BrN4O2. The van der Waals surface area contributed by atoms with Crippen LogP contribution in [0.2, 0.25) is 0 Å². The number of halogens is 1. The molecule has 3 heterocycles. The van der Waals surface area contributed by atoms with Crippen molar-refractivity contribution in [2.45, 2.75) is 12.8 Å². The zero-order chi connectivity index (χ0) is 22.1. The van der Waals surface area contributed by atoms with E-state index in [2.05, 4.69) is 31.0 Å². The molecular weight excluding hydrogens is 468 g/mol. The van der Waals surface area contributed by atoms with Crippen LogP contribution in [0.25, 0.3) is 22.3 Å². The maximum absolute atomic E-state index is 13.6. The average molecular weight is 485 g/mol. The number of aromatic nitrogens is 2. The van der Waals surface area contributed by atoms with Crippen LogP contribution in [0.3, 0.4) is 0 Å². The molecule has 6 nitrogen and oxygen atoms in total. The summed E-state index contributed by atoms with van der Waals surface area (Å²) in [6.07, 6.45) is 2.36. The summed E-state index contributed by atoms with van der Waals surface area (Å²) in [5.74, 6) is -0.831. The van der Waals surface area contributed by atoms with Gasteiger partial charge < -0.3 is 0 Å². The van der Waals surface area contributed by atoms with E-state index in [1.54, 1.807) is 18.3 Å². The molecule has 0 fully saturated rings. The van der Waals surface area contributed by atoms with Gasteiger partial charge in [-0.2, -0.15) is 10.1 Å². The van der Waals surface area contributed by atoms with Crippen molar-refractivity contribution in [1.82, 2.24) is 15.0 Å². The fourth-order valence-corrected chi connectivity index (χ4v) is 3.92. The van der Waals surface area contributed by atoms with Gasteiger partial charge in [-0.05, 0) is 35.9 Å². The summed E-state index contributed by atoms with van der Waals surface area (Å²) in [5.41, 5.74) is 3.66. The number of amides is 2. The minimum Gasteiger partial charge on any atom is -0.272 e. The first-order chi connectivity index (χ1) is 15.6. The number of hydrogen-bond donors (Lipinski definition) is 0. The number of hydrogen-bond acceptors (Lipinski definition) is 5. The molecule has 7 heteroatoms. The smallest absolute Gasteiger partial charge is 0.272 e. The summed E-state index contributed by atoms with van der Waals surface area (Å²) in [7, 11) is 0. The van der Waals surface area contributed by atoms with Gasteiger partial charge in [-0.3, -0.25) is 9.59 Å². The van der Waals surface area contributed by atoms with Crippen molar-refractivity contribution in [3.8, 4) is 11.3 Å². The third-order valence-electron chi connectivity index (χ3n) is 5.27. The van der Waals surface area contributed by atoms with E-state index < -0.39 is 5.91 Å². The molecule has 1 aliphatic heterocycles. The average Bonchev–Trinajstić information content (AvgIpc) is 2.84. The zero-order valence-electron chi connectivity index (χ0n) is 16.9. The van der Waals surface area contributed by atoms with Gasteiger partial charge in [0.1, 0.15) is 0 Å². The molecule has 0 spiro atoms. The first-order valence-electron chi connectivity index (χ1n) is 10.1. The van der Waals surface area contributed by atoms with Crippen LogP contribution in [0, 0.1) is 0 Å². The summed E-state index contributed by atoms with van der Waals surface area (Å²) in [6.45, 7) is 0. The van der Waals surface area contributed by atoms with Crippen LogP contribution in [0.1, 0.15) is 28.8 Å². The quantitative estimate of drug-likeness (QED) is 0.373. The Bertz CT molecular complexity index is 1370. The number of fused-ring (bicyclic) bond motifs is 1. The molecule has 0 aliphatic carbocycles. The van der Waals surface area contributed by atoms with E-state index in [1.807, 2.05) is 60.7 Å². The van der Waals surface area contributed by atoms with Gasteiger partial charge in [0.25, 0.3) is 11.8 Å².